The molecule has 35 heavy (non-hydrogen) atoms. The normalized spacial score (nSPS) is 13.8. The number of methoxy groups -OCH3 is 1. The van der Waals surface area contributed by atoms with E-state index in [-0.39, 0.29) is 5.91 Å². The number of aryl methyl sites for hydroxylation is 1. The third-order valence-electron chi connectivity index (χ3n) is 6.38. The van der Waals surface area contributed by atoms with Crippen LogP contribution in [0.25, 0.3) is 16.8 Å². The van der Waals surface area contributed by atoms with Crippen LogP contribution >= 0.6 is 0 Å². The van der Waals surface area contributed by atoms with E-state index in [1.54, 1.807) is 7.11 Å². The number of hydrogen-bond acceptors (Lipinski definition) is 7. The minimum absolute atomic E-state index is 0.211. The smallest absolute Gasteiger partial charge is 0.227 e. The number of aromatic nitrogens is 4. The predicted molar refractivity (Wildman–Crippen MR) is 136 cm³/mol. The van der Waals surface area contributed by atoms with Crippen molar-refractivity contribution in [2.24, 2.45) is 0 Å². The van der Waals surface area contributed by atoms with Crippen LogP contribution in [0.15, 0.2) is 55.0 Å². The number of ether oxygens (including phenoxy) is 1. The molecular weight excluding hydrogens is 442 g/mol. The molecule has 1 fully saturated rings. The fraction of sp³-hybridized carbons (Fsp3) is 0.308. The Balaban J connectivity index is 1.37. The summed E-state index contributed by atoms with van der Waals surface area (Å²) in [4.78, 5) is 25.5. The Morgan fingerprint density at radius 3 is 2.71 bits per heavy atom. The molecule has 4 heterocycles. The lowest BCUT2D eigenvalue weighted by atomic mass is 10.1. The first-order valence-electron chi connectivity index (χ1n) is 11.8. The topological polar surface area (TPSA) is 87.9 Å². The first kappa shape index (κ1) is 22.6. The summed E-state index contributed by atoms with van der Waals surface area (Å²) in [5, 5.41) is 7.75. The summed E-state index contributed by atoms with van der Waals surface area (Å²) in [6, 6.07) is 12.0. The van der Waals surface area contributed by atoms with Crippen molar-refractivity contribution in [1.29, 1.82) is 0 Å². The van der Waals surface area contributed by atoms with Gasteiger partial charge in [0.2, 0.25) is 11.9 Å². The van der Waals surface area contributed by atoms with E-state index < -0.39 is 0 Å². The van der Waals surface area contributed by atoms with Gasteiger partial charge < -0.3 is 19.9 Å². The van der Waals surface area contributed by atoms with Crippen molar-refractivity contribution in [3.05, 3.63) is 60.6 Å². The maximum Gasteiger partial charge on any atom is 0.227 e. The summed E-state index contributed by atoms with van der Waals surface area (Å²) >= 11 is 0. The molecule has 1 aliphatic heterocycles. The molecular formula is C26H29N7O2. The molecule has 1 amide bonds. The maximum atomic E-state index is 12.0. The summed E-state index contributed by atoms with van der Waals surface area (Å²) in [6.45, 7) is 6.97. The number of rotatable bonds is 6. The average Bonchev–Trinajstić information content (AvgIpc) is 3.33. The van der Waals surface area contributed by atoms with Crippen LogP contribution < -0.4 is 15.0 Å². The molecule has 9 nitrogen and oxygen atoms in total. The molecule has 0 aliphatic carbocycles. The Hall–Kier alpha value is -4.14. The van der Waals surface area contributed by atoms with Crippen LogP contribution in [0.5, 0.6) is 5.75 Å². The number of nitrogens with zero attached hydrogens (tertiary/aromatic N) is 6. The van der Waals surface area contributed by atoms with Crippen LogP contribution in [0.3, 0.4) is 0 Å². The van der Waals surface area contributed by atoms with Gasteiger partial charge in [0.25, 0.3) is 0 Å². The van der Waals surface area contributed by atoms with Gasteiger partial charge in [-0.05, 0) is 36.8 Å². The second kappa shape index (κ2) is 9.61. The van der Waals surface area contributed by atoms with Gasteiger partial charge in [-0.1, -0.05) is 13.0 Å². The molecule has 0 radical (unpaired) electrons. The van der Waals surface area contributed by atoms with E-state index in [4.69, 9.17) is 9.72 Å². The number of piperazine rings is 1. The quantitative estimate of drug-likeness (QED) is 0.456. The van der Waals surface area contributed by atoms with Gasteiger partial charge >= 0.3 is 0 Å². The van der Waals surface area contributed by atoms with E-state index in [0.717, 1.165) is 59.9 Å². The maximum absolute atomic E-state index is 12.0. The van der Waals surface area contributed by atoms with Gasteiger partial charge in [0.15, 0.2) is 0 Å². The predicted octanol–water partition coefficient (Wildman–Crippen LogP) is 3.91. The number of pyridine rings is 1. The van der Waals surface area contributed by atoms with E-state index in [1.807, 2.05) is 72.2 Å². The summed E-state index contributed by atoms with van der Waals surface area (Å²) in [5.74, 6) is 1.40. The molecule has 4 aromatic rings. The van der Waals surface area contributed by atoms with Crippen molar-refractivity contribution in [3.8, 4) is 17.0 Å². The van der Waals surface area contributed by atoms with Crippen LogP contribution in [-0.2, 0) is 4.79 Å². The van der Waals surface area contributed by atoms with E-state index in [2.05, 4.69) is 26.4 Å². The highest BCUT2D eigenvalue weighted by atomic mass is 16.5. The molecule has 0 saturated carbocycles. The fourth-order valence-electron chi connectivity index (χ4n) is 4.43. The zero-order valence-electron chi connectivity index (χ0n) is 20.2. The molecule has 0 bridgehead atoms. The largest absolute Gasteiger partial charge is 0.494 e. The molecule has 0 atom stereocenters. The first-order valence-corrected chi connectivity index (χ1v) is 11.8. The molecule has 5 rings (SSSR count). The molecule has 1 N–H and O–H groups in total. The van der Waals surface area contributed by atoms with E-state index in [1.165, 1.54) is 0 Å². The van der Waals surface area contributed by atoms with Crippen molar-refractivity contribution in [2.75, 3.05) is 43.5 Å². The van der Waals surface area contributed by atoms with Crippen molar-refractivity contribution in [1.82, 2.24) is 24.5 Å². The van der Waals surface area contributed by atoms with Gasteiger partial charge in [0.05, 0.1) is 30.2 Å². The summed E-state index contributed by atoms with van der Waals surface area (Å²) in [7, 11) is 1.66. The molecule has 9 heteroatoms. The van der Waals surface area contributed by atoms with Crippen LogP contribution in [0.1, 0.15) is 18.9 Å². The van der Waals surface area contributed by atoms with Gasteiger partial charge in [-0.25, -0.2) is 14.5 Å². The Morgan fingerprint density at radius 2 is 1.94 bits per heavy atom. The Morgan fingerprint density at radius 1 is 1.11 bits per heavy atom. The van der Waals surface area contributed by atoms with Crippen LogP contribution in [0.2, 0.25) is 0 Å². The number of amides is 1. The number of hydrogen-bond donors (Lipinski definition) is 1. The van der Waals surface area contributed by atoms with Gasteiger partial charge in [-0.15, -0.1) is 0 Å². The Bertz CT molecular complexity index is 1360. The van der Waals surface area contributed by atoms with E-state index in [0.29, 0.717) is 18.1 Å². The Labute approximate surface area is 204 Å². The zero-order chi connectivity index (χ0) is 24.4. The highest BCUT2D eigenvalue weighted by Crippen LogP contribution is 2.33. The lowest BCUT2D eigenvalue weighted by molar-refractivity contribution is -0.131. The van der Waals surface area contributed by atoms with Gasteiger partial charge in [0.1, 0.15) is 5.75 Å². The molecule has 0 spiro atoms. The third kappa shape index (κ3) is 4.49. The highest BCUT2D eigenvalue weighted by molar-refractivity contribution is 5.80. The lowest BCUT2D eigenvalue weighted by Crippen LogP contribution is -2.48. The number of carbonyl (C=O) groups is 1. The van der Waals surface area contributed by atoms with E-state index in [9.17, 15) is 4.79 Å². The SMILES string of the molecule is CCC(=O)N1CCN(c2ccc(Nc3ncc(C)c(-c4cnn5ccccc45)n3)c(OC)c2)CC1. The number of fused-ring (bicyclic) bond motifs is 1. The number of nitrogens with one attached hydrogen (secondary N) is 1. The first-order chi connectivity index (χ1) is 17.1. The summed E-state index contributed by atoms with van der Waals surface area (Å²) in [6.07, 6.45) is 6.11. The molecule has 1 aliphatic rings. The second-order valence-electron chi connectivity index (χ2n) is 8.54. The van der Waals surface area contributed by atoms with Crippen LogP contribution in [-0.4, -0.2) is 63.7 Å². The van der Waals surface area contributed by atoms with Crippen LogP contribution in [0.4, 0.5) is 17.3 Å². The van der Waals surface area contributed by atoms with Crippen molar-refractivity contribution >= 4 is 28.7 Å². The van der Waals surface area contributed by atoms with Crippen LogP contribution in [0, 0.1) is 6.92 Å². The minimum atomic E-state index is 0.211. The van der Waals surface area contributed by atoms with Crippen molar-refractivity contribution in [3.63, 3.8) is 0 Å². The zero-order valence-corrected chi connectivity index (χ0v) is 20.2. The van der Waals surface area contributed by atoms with Gasteiger partial charge in [0, 0.05) is 62.3 Å². The molecule has 3 aromatic heterocycles. The lowest BCUT2D eigenvalue weighted by Gasteiger charge is -2.36. The molecule has 0 unspecified atom stereocenters. The Kier molecular flexibility index (Phi) is 6.22. The number of carbonyl (C=O) groups excluding carboxylic acids is 1. The van der Waals surface area contributed by atoms with Gasteiger partial charge in [-0.2, -0.15) is 5.10 Å². The second-order valence-corrected chi connectivity index (χ2v) is 8.54. The van der Waals surface area contributed by atoms with E-state index >= 15 is 0 Å². The number of benzene rings is 1. The standard InChI is InChI=1S/C26H29N7O2/c1-4-24(34)32-13-11-31(12-14-32)19-8-9-21(23(15-19)35-3)29-26-27-16-18(2)25(30-26)20-17-28-33-10-6-5-7-22(20)33/h5-10,15-17H,4,11-14H2,1-3H3,(H,27,29,30). The fourth-order valence-corrected chi connectivity index (χ4v) is 4.43. The molecule has 1 saturated heterocycles. The third-order valence-corrected chi connectivity index (χ3v) is 6.38. The minimum Gasteiger partial charge on any atom is -0.494 e. The van der Waals surface area contributed by atoms with Crippen molar-refractivity contribution in [2.45, 2.75) is 20.3 Å². The summed E-state index contributed by atoms with van der Waals surface area (Å²) < 4.78 is 7.52. The molecule has 1 aromatic carbocycles. The number of anilines is 3. The molecule has 180 valence electrons. The van der Waals surface area contributed by atoms with Gasteiger partial charge in [-0.3, -0.25) is 4.79 Å². The monoisotopic (exact) mass is 471 g/mol. The average molecular weight is 472 g/mol. The highest BCUT2D eigenvalue weighted by Gasteiger charge is 2.21. The summed E-state index contributed by atoms with van der Waals surface area (Å²) in [5.41, 5.74) is 5.59. The van der Waals surface area contributed by atoms with Crippen molar-refractivity contribution < 1.29 is 9.53 Å².